The van der Waals surface area contributed by atoms with Crippen LogP contribution in [-0.4, -0.2) is 11.3 Å². The van der Waals surface area contributed by atoms with Gasteiger partial charge in [-0.2, -0.15) is 13.2 Å². The Balaban J connectivity index is 1.89. The van der Waals surface area contributed by atoms with Crippen molar-refractivity contribution in [2.75, 3.05) is 0 Å². The van der Waals surface area contributed by atoms with Crippen LogP contribution in [0.3, 0.4) is 0 Å². The quantitative estimate of drug-likeness (QED) is 0.335. The van der Waals surface area contributed by atoms with E-state index < -0.39 is 17.8 Å². The molecule has 0 saturated carbocycles. The second-order valence-electron chi connectivity index (χ2n) is 7.08. The van der Waals surface area contributed by atoms with Crippen LogP contribution >= 0.6 is 11.6 Å². The maximum absolute atomic E-state index is 12.8. The number of aromatic nitrogens is 1. The molecule has 0 amide bonds. The molecule has 0 radical (unpaired) electrons. The van der Waals surface area contributed by atoms with Gasteiger partial charge in [-0.15, -0.1) is 0 Å². The van der Waals surface area contributed by atoms with Crippen LogP contribution in [0.4, 0.5) is 13.2 Å². The maximum atomic E-state index is 12.8. The molecule has 3 aromatic rings. The van der Waals surface area contributed by atoms with Crippen molar-refractivity contribution in [1.82, 2.24) is 4.98 Å². The van der Waals surface area contributed by atoms with E-state index in [1.165, 1.54) is 18.2 Å². The van der Waals surface area contributed by atoms with Gasteiger partial charge in [0.1, 0.15) is 18.1 Å². The third kappa shape index (κ3) is 5.85. The lowest BCUT2D eigenvalue weighted by atomic mass is 10.1. The third-order valence-electron chi connectivity index (χ3n) is 4.79. The number of aldehydes is 1. The molecule has 3 rings (SSSR count). The molecule has 1 atom stereocenters. The fraction of sp³-hybridized carbons (Fsp3) is 0.250. The van der Waals surface area contributed by atoms with Crippen LogP contribution in [0.1, 0.15) is 53.9 Å². The molecule has 0 aliphatic heterocycles. The van der Waals surface area contributed by atoms with E-state index >= 15 is 0 Å². The van der Waals surface area contributed by atoms with Crippen LogP contribution < -0.4 is 4.74 Å². The second-order valence-corrected chi connectivity index (χ2v) is 7.49. The summed E-state index contributed by atoms with van der Waals surface area (Å²) in [6, 6.07) is 15.1. The number of rotatable bonds is 8. The summed E-state index contributed by atoms with van der Waals surface area (Å²) in [6.45, 7) is 2.06. The summed E-state index contributed by atoms with van der Waals surface area (Å²) >= 11 is 6.26. The van der Waals surface area contributed by atoms with Gasteiger partial charge in [-0.05, 0) is 55.3 Å². The predicted octanol–water partition coefficient (Wildman–Crippen LogP) is 7.54. The highest BCUT2D eigenvalue weighted by molar-refractivity contribution is 6.32. The van der Waals surface area contributed by atoms with E-state index in [0.717, 1.165) is 25.0 Å². The number of pyridine rings is 1. The van der Waals surface area contributed by atoms with Gasteiger partial charge in [0.15, 0.2) is 0 Å². The van der Waals surface area contributed by atoms with E-state index in [4.69, 9.17) is 16.3 Å². The molecule has 0 aliphatic carbocycles. The number of benzene rings is 2. The summed E-state index contributed by atoms with van der Waals surface area (Å²) in [5.74, 6) is 0.440. The second kappa shape index (κ2) is 9.96. The Morgan fingerprint density at radius 3 is 2.45 bits per heavy atom. The monoisotopic (exact) mass is 447 g/mol. The number of carbonyl (C=O) groups is 1. The zero-order valence-electron chi connectivity index (χ0n) is 16.8. The summed E-state index contributed by atoms with van der Waals surface area (Å²) in [4.78, 5) is 15.6. The lowest BCUT2D eigenvalue weighted by Gasteiger charge is -2.20. The number of nitrogens with zero attached hydrogens (tertiary/aromatic N) is 1. The molecule has 162 valence electrons. The first-order valence-electron chi connectivity index (χ1n) is 9.87. The summed E-state index contributed by atoms with van der Waals surface area (Å²) < 4.78 is 44.6. The van der Waals surface area contributed by atoms with Gasteiger partial charge in [0.05, 0.1) is 22.0 Å². The molecule has 0 aliphatic rings. The first-order valence-corrected chi connectivity index (χ1v) is 10.3. The molecule has 0 bridgehead atoms. The van der Waals surface area contributed by atoms with Crippen molar-refractivity contribution < 1.29 is 22.7 Å². The lowest BCUT2D eigenvalue weighted by Crippen LogP contribution is -2.10. The minimum atomic E-state index is -4.38. The third-order valence-corrected chi connectivity index (χ3v) is 5.08. The summed E-state index contributed by atoms with van der Waals surface area (Å²) in [5.41, 5.74) is 1.53. The average Bonchev–Trinajstić information content (AvgIpc) is 2.77. The van der Waals surface area contributed by atoms with Crippen LogP contribution in [0.25, 0.3) is 11.3 Å². The number of hydrogen-bond donors (Lipinski definition) is 0. The molecule has 31 heavy (non-hydrogen) atoms. The normalized spacial score (nSPS) is 12.4. The molecule has 1 aromatic heterocycles. The minimum absolute atomic E-state index is 0.324. The minimum Gasteiger partial charge on any atom is -0.483 e. The Morgan fingerprint density at radius 2 is 1.84 bits per heavy atom. The van der Waals surface area contributed by atoms with Crippen LogP contribution in [0, 0.1) is 0 Å². The number of unbranched alkanes of at least 4 members (excludes halogenated alkanes) is 1. The van der Waals surface area contributed by atoms with E-state index in [1.54, 1.807) is 24.3 Å². The van der Waals surface area contributed by atoms with Crippen molar-refractivity contribution in [1.29, 1.82) is 0 Å². The van der Waals surface area contributed by atoms with Crippen molar-refractivity contribution in [3.05, 3.63) is 82.5 Å². The first kappa shape index (κ1) is 22.8. The summed E-state index contributed by atoms with van der Waals surface area (Å²) in [7, 11) is 0. The first-order chi connectivity index (χ1) is 14.8. The summed E-state index contributed by atoms with van der Waals surface area (Å²) in [5, 5.41) is 0.324. The Kier molecular flexibility index (Phi) is 7.33. The molecule has 0 spiro atoms. The van der Waals surface area contributed by atoms with E-state index in [2.05, 4.69) is 11.9 Å². The predicted molar refractivity (Wildman–Crippen MR) is 114 cm³/mol. The number of alkyl halides is 3. The highest BCUT2D eigenvalue weighted by Crippen LogP contribution is 2.33. The Bertz CT molecular complexity index is 1040. The van der Waals surface area contributed by atoms with Gasteiger partial charge in [-0.3, -0.25) is 4.79 Å². The number of ether oxygens (including phenoxy) is 1. The van der Waals surface area contributed by atoms with E-state index in [0.29, 0.717) is 46.0 Å². The lowest BCUT2D eigenvalue weighted by molar-refractivity contribution is -0.137. The van der Waals surface area contributed by atoms with Gasteiger partial charge >= 0.3 is 6.18 Å². The number of hydrogen-bond acceptors (Lipinski definition) is 3. The molecule has 0 saturated heterocycles. The van der Waals surface area contributed by atoms with Crippen molar-refractivity contribution in [2.45, 2.75) is 38.5 Å². The van der Waals surface area contributed by atoms with Crippen molar-refractivity contribution in [3.8, 4) is 17.0 Å². The average molecular weight is 448 g/mol. The van der Waals surface area contributed by atoms with Gasteiger partial charge in [0.25, 0.3) is 0 Å². The maximum Gasteiger partial charge on any atom is 0.416 e. The molecular formula is C24H21ClF3NO2. The van der Waals surface area contributed by atoms with Gasteiger partial charge in [-0.1, -0.05) is 43.1 Å². The molecule has 1 heterocycles. The van der Waals surface area contributed by atoms with Gasteiger partial charge < -0.3 is 4.74 Å². The fourth-order valence-electron chi connectivity index (χ4n) is 3.12. The zero-order chi connectivity index (χ0) is 22.4. The topological polar surface area (TPSA) is 39.2 Å². The highest BCUT2D eigenvalue weighted by Gasteiger charge is 2.30. The Hall–Kier alpha value is -2.86. The smallest absolute Gasteiger partial charge is 0.416 e. The Morgan fingerprint density at radius 1 is 1.10 bits per heavy atom. The van der Waals surface area contributed by atoms with Crippen LogP contribution in [0.5, 0.6) is 5.75 Å². The zero-order valence-corrected chi connectivity index (χ0v) is 17.6. The standard InChI is InChI=1S/C24H21ClF3NO2/c1-2-3-7-23(31-22-13-8-16(15-30)14-19(22)25)21-6-4-5-20(29-21)17-9-11-18(12-10-17)24(26,27)28/h4-6,8-15,23H,2-3,7H2,1H3/t23-/m0/s1. The summed E-state index contributed by atoms with van der Waals surface area (Å²) in [6.07, 6.45) is -1.54. The van der Waals surface area contributed by atoms with Crippen LogP contribution in [0.2, 0.25) is 5.02 Å². The fourth-order valence-corrected chi connectivity index (χ4v) is 3.35. The molecule has 7 heteroatoms. The van der Waals surface area contributed by atoms with Crippen LogP contribution in [-0.2, 0) is 6.18 Å². The molecular weight excluding hydrogens is 427 g/mol. The van der Waals surface area contributed by atoms with Gasteiger partial charge in [0, 0.05) is 11.1 Å². The van der Waals surface area contributed by atoms with Crippen molar-refractivity contribution in [3.63, 3.8) is 0 Å². The van der Waals surface area contributed by atoms with Gasteiger partial charge in [0.2, 0.25) is 0 Å². The van der Waals surface area contributed by atoms with Crippen molar-refractivity contribution >= 4 is 17.9 Å². The van der Waals surface area contributed by atoms with E-state index in [1.807, 2.05) is 6.07 Å². The largest absolute Gasteiger partial charge is 0.483 e. The number of carbonyl (C=O) groups excluding carboxylic acids is 1. The Labute approximate surface area is 183 Å². The SMILES string of the molecule is CCCC[C@H](Oc1ccc(C=O)cc1Cl)c1cccc(-c2ccc(C(F)(F)F)cc2)n1. The van der Waals surface area contributed by atoms with Crippen LogP contribution in [0.15, 0.2) is 60.7 Å². The molecule has 0 unspecified atom stereocenters. The molecule has 0 N–H and O–H groups in total. The van der Waals surface area contributed by atoms with E-state index in [-0.39, 0.29) is 0 Å². The molecule has 2 aromatic carbocycles. The molecule has 3 nitrogen and oxygen atoms in total. The number of halogens is 4. The van der Waals surface area contributed by atoms with Gasteiger partial charge in [-0.25, -0.2) is 4.98 Å². The molecule has 0 fully saturated rings. The van der Waals surface area contributed by atoms with E-state index in [9.17, 15) is 18.0 Å². The van der Waals surface area contributed by atoms with Crippen molar-refractivity contribution in [2.24, 2.45) is 0 Å². The highest BCUT2D eigenvalue weighted by atomic mass is 35.5.